The Labute approximate surface area is 123 Å². The minimum Gasteiger partial charge on any atom is -0.480 e. The molecule has 6 nitrogen and oxygen atoms in total. The molecule has 0 bridgehead atoms. The van der Waals surface area contributed by atoms with Gasteiger partial charge < -0.3 is 14.5 Å². The molecule has 6 heteroatoms. The first-order chi connectivity index (χ1) is 10.0. The molecule has 21 heavy (non-hydrogen) atoms. The summed E-state index contributed by atoms with van der Waals surface area (Å²) in [6.45, 7) is 3.41. The number of rotatable bonds is 2. The molecular formula is C15H20N2O4. The van der Waals surface area contributed by atoms with Crippen LogP contribution in [-0.4, -0.2) is 39.1 Å². The fourth-order valence-electron chi connectivity index (χ4n) is 3.89. The molecule has 1 aliphatic carbocycles. The van der Waals surface area contributed by atoms with Gasteiger partial charge in [-0.25, -0.2) is 4.79 Å². The van der Waals surface area contributed by atoms with Crippen LogP contribution in [0.2, 0.25) is 0 Å². The van der Waals surface area contributed by atoms with Crippen LogP contribution in [0.4, 0.5) is 0 Å². The number of carboxylic acid groups (broad SMARTS) is 1. The van der Waals surface area contributed by atoms with E-state index >= 15 is 0 Å². The Morgan fingerprint density at radius 1 is 1.29 bits per heavy atom. The maximum absolute atomic E-state index is 12.9. The summed E-state index contributed by atoms with van der Waals surface area (Å²) in [4.78, 5) is 26.0. The lowest BCUT2D eigenvalue weighted by Gasteiger charge is -2.32. The molecule has 1 aliphatic heterocycles. The number of amides is 1. The molecule has 114 valence electrons. The number of carbonyl (C=O) groups is 2. The van der Waals surface area contributed by atoms with Crippen molar-refractivity contribution in [2.24, 2.45) is 5.92 Å². The monoisotopic (exact) mass is 292 g/mol. The van der Waals surface area contributed by atoms with Gasteiger partial charge in [-0.15, -0.1) is 0 Å². The molecule has 2 heterocycles. The maximum Gasteiger partial charge on any atom is 0.326 e. The molecule has 0 radical (unpaired) electrons. The van der Waals surface area contributed by atoms with Gasteiger partial charge in [0.05, 0.1) is 5.69 Å². The highest BCUT2D eigenvalue weighted by Gasteiger charge is 2.48. The summed E-state index contributed by atoms with van der Waals surface area (Å²) in [5.74, 6) is -0.386. The quantitative estimate of drug-likeness (QED) is 0.903. The van der Waals surface area contributed by atoms with Gasteiger partial charge in [0.15, 0.2) is 0 Å². The van der Waals surface area contributed by atoms with Crippen LogP contribution >= 0.6 is 0 Å². The molecule has 1 aromatic rings. The van der Waals surface area contributed by atoms with E-state index in [0.29, 0.717) is 29.4 Å². The molecule has 0 spiro atoms. The number of carboxylic acids is 1. The molecule has 2 aliphatic rings. The largest absolute Gasteiger partial charge is 0.480 e. The van der Waals surface area contributed by atoms with Gasteiger partial charge in [0, 0.05) is 6.04 Å². The summed E-state index contributed by atoms with van der Waals surface area (Å²) in [6.07, 6.45) is 4.65. The van der Waals surface area contributed by atoms with E-state index in [4.69, 9.17) is 4.52 Å². The molecule has 1 amide bonds. The number of aliphatic carboxylic acids is 1. The first kappa shape index (κ1) is 14.1. The van der Waals surface area contributed by atoms with Crippen LogP contribution in [0.15, 0.2) is 4.52 Å². The molecule has 1 saturated carbocycles. The van der Waals surface area contributed by atoms with Gasteiger partial charge in [0.25, 0.3) is 5.91 Å². The Hall–Kier alpha value is -1.85. The number of hydrogen-bond acceptors (Lipinski definition) is 4. The zero-order valence-corrected chi connectivity index (χ0v) is 12.3. The van der Waals surface area contributed by atoms with Crippen molar-refractivity contribution in [2.75, 3.05) is 0 Å². The molecule has 1 N–H and O–H groups in total. The first-order valence-corrected chi connectivity index (χ1v) is 7.49. The third-order valence-corrected chi connectivity index (χ3v) is 4.85. The van der Waals surface area contributed by atoms with Crippen molar-refractivity contribution < 1.29 is 19.2 Å². The average molecular weight is 292 g/mol. The minimum atomic E-state index is -0.912. The summed E-state index contributed by atoms with van der Waals surface area (Å²) < 4.78 is 5.06. The van der Waals surface area contributed by atoms with Gasteiger partial charge in [0.2, 0.25) is 0 Å². The molecule has 2 fully saturated rings. The summed E-state index contributed by atoms with van der Waals surface area (Å²) in [5, 5.41) is 13.3. The average Bonchev–Trinajstić information content (AvgIpc) is 2.99. The Kier molecular flexibility index (Phi) is 3.47. The van der Waals surface area contributed by atoms with Gasteiger partial charge in [0.1, 0.15) is 17.4 Å². The van der Waals surface area contributed by atoms with E-state index in [1.807, 2.05) is 0 Å². The second-order valence-electron chi connectivity index (χ2n) is 6.11. The van der Waals surface area contributed by atoms with Gasteiger partial charge in [-0.1, -0.05) is 18.0 Å². The molecule has 1 aromatic heterocycles. The van der Waals surface area contributed by atoms with E-state index in [2.05, 4.69) is 5.16 Å². The highest BCUT2D eigenvalue weighted by atomic mass is 16.5. The van der Waals surface area contributed by atoms with Crippen LogP contribution in [0, 0.1) is 19.8 Å². The Bertz CT molecular complexity index is 561. The molecule has 1 saturated heterocycles. The number of fused-ring (bicyclic) bond motifs is 1. The van der Waals surface area contributed by atoms with Crippen molar-refractivity contribution in [1.29, 1.82) is 0 Å². The lowest BCUT2D eigenvalue weighted by molar-refractivity contribution is -0.141. The molecule has 3 atom stereocenters. The summed E-state index contributed by atoms with van der Waals surface area (Å²) in [7, 11) is 0. The lowest BCUT2D eigenvalue weighted by Crippen LogP contribution is -2.46. The highest BCUT2D eigenvalue weighted by molar-refractivity contribution is 5.98. The number of aryl methyl sites for hydroxylation is 2. The molecule has 0 aromatic carbocycles. The second kappa shape index (κ2) is 5.16. The summed E-state index contributed by atoms with van der Waals surface area (Å²) in [5.41, 5.74) is 0.952. The molecule has 0 unspecified atom stereocenters. The van der Waals surface area contributed by atoms with Crippen LogP contribution in [-0.2, 0) is 4.79 Å². The summed E-state index contributed by atoms with van der Waals surface area (Å²) >= 11 is 0. The van der Waals surface area contributed by atoms with E-state index in [9.17, 15) is 14.7 Å². The zero-order valence-electron chi connectivity index (χ0n) is 12.3. The Morgan fingerprint density at radius 2 is 2.00 bits per heavy atom. The predicted molar refractivity (Wildman–Crippen MR) is 73.9 cm³/mol. The fraction of sp³-hybridized carbons (Fsp3) is 0.667. The second-order valence-corrected chi connectivity index (χ2v) is 6.11. The zero-order chi connectivity index (χ0) is 15.1. The van der Waals surface area contributed by atoms with Crippen LogP contribution in [0.1, 0.15) is 53.9 Å². The van der Waals surface area contributed by atoms with Crippen molar-refractivity contribution in [3.05, 3.63) is 17.0 Å². The topological polar surface area (TPSA) is 83.6 Å². The standard InChI is InChI=1S/C15H20N2O4/c1-8-13(9(2)21-16-8)14(18)17-11-6-4-3-5-10(11)7-12(17)15(19)20/h10-12H,3-7H2,1-2H3,(H,19,20)/t10-,11-,12-/m0/s1. The third kappa shape index (κ3) is 2.22. The van der Waals surface area contributed by atoms with E-state index < -0.39 is 12.0 Å². The summed E-state index contributed by atoms with van der Waals surface area (Å²) in [6, 6.07) is -0.680. The van der Waals surface area contributed by atoms with Crippen molar-refractivity contribution in [1.82, 2.24) is 10.1 Å². The van der Waals surface area contributed by atoms with Gasteiger partial charge in [-0.3, -0.25) is 4.79 Å². The number of likely N-dealkylation sites (tertiary alicyclic amines) is 1. The van der Waals surface area contributed by atoms with E-state index in [1.165, 1.54) is 0 Å². The van der Waals surface area contributed by atoms with Crippen LogP contribution in [0.25, 0.3) is 0 Å². The van der Waals surface area contributed by atoms with Crippen LogP contribution in [0.3, 0.4) is 0 Å². The van der Waals surface area contributed by atoms with E-state index in [-0.39, 0.29) is 11.9 Å². The van der Waals surface area contributed by atoms with E-state index in [1.54, 1.807) is 18.7 Å². The predicted octanol–water partition coefficient (Wildman–Crippen LogP) is 2.15. The normalized spacial score (nSPS) is 28.5. The molecular weight excluding hydrogens is 272 g/mol. The van der Waals surface area contributed by atoms with Gasteiger partial charge in [-0.2, -0.15) is 0 Å². The van der Waals surface area contributed by atoms with Crippen LogP contribution < -0.4 is 0 Å². The third-order valence-electron chi connectivity index (χ3n) is 4.85. The van der Waals surface area contributed by atoms with E-state index in [0.717, 1.165) is 25.7 Å². The minimum absolute atomic E-state index is 0.0426. The van der Waals surface area contributed by atoms with Gasteiger partial charge >= 0.3 is 5.97 Å². The van der Waals surface area contributed by atoms with Crippen molar-refractivity contribution in [3.8, 4) is 0 Å². The van der Waals surface area contributed by atoms with Crippen molar-refractivity contribution >= 4 is 11.9 Å². The van der Waals surface area contributed by atoms with Crippen molar-refractivity contribution in [2.45, 2.75) is 58.0 Å². The first-order valence-electron chi connectivity index (χ1n) is 7.49. The lowest BCUT2D eigenvalue weighted by atomic mass is 9.84. The highest BCUT2D eigenvalue weighted by Crippen LogP contribution is 2.40. The van der Waals surface area contributed by atoms with Crippen molar-refractivity contribution in [3.63, 3.8) is 0 Å². The number of nitrogens with zero attached hydrogens (tertiary/aromatic N) is 2. The smallest absolute Gasteiger partial charge is 0.326 e. The SMILES string of the molecule is Cc1noc(C)c1C(=O)N1[C@H](C(=O)O)C[C@@H]2CCCC[C@@H]21. The van der Waals surface area contributed by atoms with Crippen LogP contribution in [0.5, 0.6) is 0 Å². The number of carbonyl (C=O) groups excluding carboxylic acids is 1. The maximum atomic E-state index is 12.9. The molecule has 3 rings (SSSR count). The number of hydrogen-bond donors (Lipinski definition) is 1. The Balaban J connectivity index is 1.97. The number of aromatic nitrogens is 1. The fourth-order valence-corrected chi connectivity index (χ4v) is 3.89. The Morgan fingerprint density at radius 3 is 2.62 bits per heavy atom. The van der Waals surface area contributed by atoms with Gasteiger partial charge in [-0.05, 0) is 39.0 Å².